The molecule has 1 aromatic carbocycles. The third-order valence-electron chi connectivity index (χ3n) is 2.03. The Labute approximate surface area is 92.9 Å². The average Bonchev–Trinajstić information content (AvgIpc) is 2.66. The summed E-state index contributed by atoms with van der Waals surface area (Å²) >= 11 is 4.56. The first-order valence-electron chi connectivity index (χ1n) is 3.92. The van der Waals surface area contributed by atoms with Crippen molar-refractivity contribution in [2.75, 3.05) is 0 Å². The molecule has 0 bridgehead atoms. The number of halogens is 2. The molecular weight excluding hydrogens is 265 g/mol. The second kappa shape index (κ2) is 3.68. The standard InChI is InChI=1S/C10H5BrFNS/c11-4-6-3-9(12)10-7(1-2-14-10)8(6)5-13/h1-3H,4H2. The van der Waals surface area contributed by atoms with Gasteiger partial charge in [-0.2, -0.15) is 5.26 Å². The van der Waals surface area contributed by atoms with Crippen LogP contribution in [0.15, 0.2) is 17.5 Å². The molecule has 0 fully saturated rings. The molecule has 0 atom stereocenters. The second-order valence-corrected chi connectivity index (χ2v) is 4.28. The van der Waals surface area contributed by atoms with Crippen molar-refractivity contribution in [3.8, 4) is 6.07 Å². The summed E-state index contributed by atoms with van der Waals surface area (Å²) in [6.07, 6.45) is 0. The van der Waals surface area contributed by atoms with Gasteiger partial charge in [-0.25, -0.2) is 4.39 Å². The Bertz CT molecular complexity index is 527. The Hall–Kier alpha value is -0.920. The number of thiophene rings is 1. The maximum absolute atomic E-state index is 13.5. The summed E-state index contributed by atoms with van der Waals surface area (Å²) in [5.74, 6) is -0.247. The molecule has 70 valence electrons. The molecule has 14 heavy (non-hydrogen) atoms. The summed E-state index contributed by atoms with van der Waals surface area (Å²) in [5, 5.41) is 12.0. The van der Waals surface area contributed by atoms with E-state index in [9.17, 15) is 4.39 Å². The van der Waals surface area contributed by atoms with Gasteiger partial charge in [0.2, 0.25) is 0 Å². The summed E-state index contributed by atoms with van der Waals surface area (Å²) in [4.78, 5) is 0. The maximum Gasteiger partial charge on any atom is 0.141 e. The fraction of sp³-hybridized carbons (Fsp3) is 0.100. The molecular formula is C10H5BrFNS. The Morgan fingerprint density at radius 2 is 2.36 bits per heavy atom. The Morgan fingerprint density at radius 1 is 1.57 bits per heavy atom. The molecule has 0 aliphatic heterocycles. The molecule has 1 aromatic heterocycles. The zero-order chi connectivity index (χ0) is 10.1. The van der Waals surface area contributed by atoms with E-state index in [4.69, 9.17) is 5.26 Å². The van der Waals surface area contributed by atoms with Crippen LogP contribution in [0.5, 0.6) is 0 Å². The van der Waals surface area contributed by atoms with Crippen LogP contribution in [0.1, 0.15) is 11.1 Å². The number of rotatable bonds is 1. The molecule has 4 heteroatoms. The molecule has 2 rings (SSSR count). The number of nitrogens with zero attached hydrogens (tertiary/aromatic N) is 1. The smallest absolute Gasteiger partial charge is 0.141 e. The largest absolute Gasteiger partial charge is 0.205 e. The minimum Gasteiger partial charge on any atom is -0.205 e. The summed E-state index contributed by atoms with van der Waals surface area (Å²) in [5.41, 5.74) is 1.27. The van der Waals surface area contributed by atoms with Crippen LogP contribution in [0.3, 0.4) is 0 Å². The van der Waals surface area contributed by atoms with Gasteiger partial charge in [0, 0.05) is 10.7 Å². The highest BCUT2D eigenvalue weighted by molar-refractivity contribution is 9.08. The fourth-order valence-electron chi connectivity index (χ4n) is 1.39. The van der Waals surface area contributed by atoms with E-state index < -0.39 is 0 Å². The van der Waals surface area contributed by atoms with E-state index in [0.29, 0.717) is 26.5 Å². The van der Waals surface area contributed by atoms with Crippen LogP contribution in [-0.2, 0) is 5.33 Å². The molecule has 0 aliphatic carbocycles. The molecule has 0 saturated carbocycles. The van der Waals surface area contributed by atoms with E-state index in [1.54, 1.807) is 11.4 Å². The lowest BCUT2D eigenvalue weighted by Crippen LogP contribution is -1.89. The summed E-state index contributed by atoms with van der Waals surface area (Å²) < 4.78 is 14.0. The summed E-state index contributed by atoms with van der Waals surface area (Å²) in [6, 6.07) is 5.32. The van der Waals surface area contributed by atoms with E-state index in [2.05, 4.69) is 22.0 Å². The normalized spacial score (nSPS) is 10.4. The van der Waals surface area contributed by atoms with Gasteiger partial charge in [-0.15, -0.1) is 11.3 Å². The lowest BCUT2D eigenvalue weighted by atomic mass is 10.1. The van der Waals surface area contributed by atoms with Crippen molar-refractivity contribution in [3.63, 3.8) is 0 Å². The first kappa shape index (κ1) is 9.63. The van der Waals surface area contributed by atoms with Crippen molar-refractivity contribution in [1.29, 1.82) is 5.26 Å². The van der Waals surface area contributed by atoms with Gasteiger partial charge < -0.3 is 0 Å². The number of benzene rings is 1. The van der Waals surface area contributed by atoms with Crippen LogP contribution in [-0.4, -0.2) is 0 Å². The fourth-order valence-corrected chi connectivity index (χ4v) is 2.64. The van der Waals surface area contributed by atoms with Crippen molar-refractivity contribution in [1.82, 2.24) is 0 Å². The monoisotopic (exact) mass is 269 g/mol. The summed E-state index contributed by atoms with van der Waals surface area (Å²) in [7, 11) is 0. The molecule has 0 radical (unpaired) electrons. The number of fused-ring (bicyclic) bond motifs is 1. The first-order valence-corrected chi connectivity index (χ1v) is 5.92. The van der Waals surface area contributed by atoms with E-state index >= 15 is 0 Å². The maximum atomic E-state index is 13.5. The SMILES string of the molecule is N#Cc1c(CBr)cc(F)c2sccc12. The highest BCUT2D eigenvalue weighted by Crippen LogP contribution is 2.30. The molecule has 0 aliphatic rings. The second-order valence-electron chi connectivity index (χ2n) is 2.80. The van der Waals surface area contributed by atoms with Crippen molar-refractivity contribution >= 4 is 37.4 Å². The van der Waals surface area contributed by atoms with Crippen molar-refractivity contribution in [2.45, 2.75) is 5.33 Å². The van der Waals surface area contributed by atoms with Crippen LogP contribution in [0.25, 0.3) is 10.1 Å². The van der Waals surface area contributed by atoms with Crippen molar-refractivity contribution in [3.05, 3.63) is 34.5 Å². The van der Waals surface area contributed by atoms with Crippen LogP contribution in [0.4, 0.5) is 4.39 Å². The summed E-state index contributed by atoms with van der Waals surface area (Å²) in [6.45, 7) is 0. The van der Waals surface area contributed by atoms with Gasteiger partial charge in [0.25, 0.3) is 0 Å². The minimum absolute atomic E-state index is 0.247. The Morgan fingerprint density at radius 3 is 3.00 bits per heavy atom. The molecule has 0 spiro atoms. The zero-order valence-corrected chi connectivity index (χ0v) is 9.45. The van der Waals surface area contributed by atoms with Crippen molar-refractivity contribution in [2.24, 2.45) is 0 Å². The van der Waals surface area contributed by atoms with Crippen LogP contribution in [0.2, 0.25) is 0 Å². The van der Waals surface area contributed by atoms with Gasteiger partial charge in [0.1, 0.15) is 11.9 Å². The lowest BCUT2D eigenvalue weighted by molar-refractivity contribution is 0.640. The van der Waals surface area contributed by atoms with Gasteiger partial charge in [0.15, 0.2) is 0 Å². The number of hydrogen-bond donors (Lipinski definition) is 0. The van der Waals surface area contributed by atoms with Gasteiger partial charge in [-0.3, -0.25) is 0 Å². The van der Waals surface area contributed by atoms with E-state index in [-0.39, 0.29) is 5.82 Å². The number of hydrogen-bond acceptors (Lipinski definition) is 2. The predicted molar refractivity (Wildman–Crippen MR) is 59.1 cm³/mol. The predicted octanol–water partition coefficient (Wildman–Crippen LogP) is 3.81. The highest BCUT2D eigenvalue weighted by Gasteiger charge is 2.11. The topological polar surface area (TPSA) is 23.8 Å². The third-order valence-corrected chi connectivity index (χ3v) is 3.56. The van der Waals surface area contributed by atoms with Crippen LogP contribution < -0.4 is 0 Å². The molecule has 1 nitrogen and oxygen atoms in total. The molecule has 0 amide bonds. The average molecular weight is 270 g/mol. The van der Waals surface area contributed by atoms with Crippen LogP contribution in [0, 0.1) is 17.1 Å². The van der Waals surface area contributed by atoms with E-state index in [1.807, 2.05) is 0 Å². The van der Waals surface area contributed by atoms with Crippen molar-refractivity contribution < 1.29 is 4.39 Å². The van der Waals surface area contributed by atoms with Crippen LogP contribution >= 0.6 is 27.3 Å². The number of alkyl halides is 1. The third kappa shape index (κ3) is 1.33. The number of nitriles is 1. The van der Waals surface area contributed by atoms with Gasteiger partial charge in [-0.05, 0) is 23.1 Å². The Kier molecular flexibility index (Phi) is 2.53. The van der Waals surface area contributed by atoms with Gasteiger partial charge in [-0.1, -0.05) is 15.9 Å². The first-order chi connectivity index (χ1) is 6.77. The molecule has 0 unspecified atom stereocenters. The quantitative estimate of drug-likeness (QED) is 0.723. The highest BCUT2D eigenvalue weighted by atomic mass is 79.9. The molecule has 0 N–H and O–H groups in total. The minimum atomic E-state index is -0.247. The zero-order valence-electron chi connectivity index (χ0n) is 7.05. The Balaban J connectivity index is 2.91. The molecule has 0 saturated heterocycles. The van der Waals surface area contributed by atoms with E-state index in [0.717, 1.165) is 0 Å². The van der Waals surface area contributed by atoms with E-state index in [1.165, 1.54) is 17.4 Å². The van der Waals surface area contributed by atoms with Gasteiger partial charge in [0.05, 0.1) is 10.3 Å². The van der Waals surface area contributed by atoms with Gasteiger partial charge >= 0.3 is 0 Å². The lowest BCUT2D eigenvalue weighted by Gasteiger charge is -2.01. The molecule has 2 aromatic rings. The molecule has 1 heterocycles.